The van der Waals surface area contributed by atoms with Gasteiger partial charge >= 0.3 is 6.61 Å². The van der Waals surface area contributed by atoms with Gasteiger partial charge in [0, 0.05) is 22.2 Å². The van der Waals surface area contributed by atoms with E-state index in [2.05, 4.69) is 10.1 Å². The number of nitrogens with one attached hydrogen (secondary N) is 1. The van der Waals surface area contributed by atoms with Crippen LogP contribution in [-0.4, -0.2) is 22.5 Å². The first-order chi connectivity index (χ1) is 11.0. The minimum absolute atomic E-state index is 0.00300. The first kappa shape index (κ1) is 17.1. The maximum atomic E-state index is 12.2. The summed E-state index contributed by atoms with van der Waals surface area (Å²) >= 11 is 0. The van der Waals surface area contributed by atoms with Crippen molar-refractivity contribution in [2.45, 2.75) is 12.4 Å². The second kappa shape index (κ2) is 8.38. The van der Waals surface area contributed by atoms with Gasteiger partial charge in [-0.15, -0.1) is 0 Å². The Bertz CT molecular complexity index is 680. The van der Waals surface area contributed by atoms with Gasteiger partial charge in [0.2, 0.25) is 5.91 Å². The van der Waals surface area contributed by atoms with Gasteiger partial charge in [0.15, 0.2) is 0 Å². The average Bonchev–Trinajstić information content (AvgIpc) is 2.47. The minimum Gasteiger partial charge on any atom is -0.435 e. The number of alkyl halides is 2. The first-order valence-electron chi connectivity index (χ1n) is 6.76. The Balaban J connectivity index is 1.88. The van der Waals surface area contributed by atoms with Crippen LogP contribution in [0.4, 0.5) is 14.5 Å². The third kappa shape index (κ3) is 6.15. The lowest BCUT2D eigenvalue weighted by Crippen LogP contribution is -2.20. The Kier molecular flexibility index (Phi) is 6.22. The van der Waals surface area contributed by atoms with Crippen molar-refractivity contribution in [2.75, 3.05) is 11.1 Å². The molecule has 1 unspecified atom stereocenters. The van der Waals surface area contributed by atoms with E-state index in [0.29, 0.717) is 11.3 Å². The number of carbonyl (C=O) groups is 1. The quantitative estimate of drug-likeness (QED) is 0.843. The van der Waals surface area contributed by atoms with Crippen LogP contribution in [0.5, 0.6) is 5.75 Å². The van der Waals surface area contributed by atoms with Crippen molar-refractivity contribution < 1.29 is 22.5 Å². The molecule has 122 valence electrons. The third-order valence-electron chi connectivity index (χ3n) is 2.80. The van der Waals surface area contributed by atoms with Crippen LogP contribution in [0.25, 0.3) is 0 Å². The maximum Gasteiger partial charge on any atom is 0.387 e. The summed E-state index contributed by atoms with van der Waals surface area (Å²) in [6.45, 7) is -2.91. The number of carbonyl (C=O) groups excluding carboxylic acids is 1. The molecular formula is C16H15F2NO3S. The Morgan fingerprint density at radius 3 is 2.57 bits per heavy atom. The largest absolute Gasteiger partial charge is 0.435 e. The number of hydrogen-bond acceptors (Lipinski definition) is 3. The second-order valence-electron chi connectivity index (χ2n) is 4.67. The van der Waals surface area contributed by atoms with Gasteiger partial charge in [0.05, 0.1) is 0 Å². The van der Waals surface area contributed by atoms with Crippen molar-refractivity contribution in [1.29, 1.82) is 0 Å². The summed E-state index contributed by atoms with van der Waals surface area (Å²) in [7, 11) is -1.45. The molecule has 0 radical (unpaired) electrons. The number of ether oxygens (including phenoxy) is 1. The molecule has 0 fully saturated rings. The Morgan fingerprint density at radius 2 is 1.87 bits per heavy atom. The van der Waals surface area contributed by atoms with Crippen molar-refractivity contribution in [3.05, 3.63) is 60.2 Å². The molecule has 0 saturated carbocycles. The van der Waals surface area contributed by atoms with Crippen molar-refractivity contribution in [3.8, 4) is 5.75 Å². The van der Waals surface area contributed by atoms with E-state index in [4.69, 9.17) is 0 Å². The molecule has 7 heteroatoms. The lowest BCUT2D eigenvalue weighted by atomic mass is 10.2. The van der Waals surface area contributed by atoms with Gasteiger partial charge in [0.25, 0.3) is 0 Å². The average molecular weight is 339 g/mol. The van der Waals surface area contributed by atoms with Gasteiger partial charge in [-0.25, -0.2) is 0 Å². The molecule has 0 aliphatic heterocycles. The smallest absolute Gasteiger partial charge is 0.387 e. The normalized spacial score (nSPS) is 12.0. The van der Waals surface area contributed by atoms with Crippen LogP contribution in [0.1, 0.15) is 5.56 Å². The van der Waals surface area contributed by atoms with Crippen LogP contribution < -0.4 is 10.1 Å². The van der Waals surface area contributed by atoms with Crippen LogP contribution in [0.2, 0.25) is 0 Å². The summed E-state index contributed by atoms with van der Waals surface area (Å²) in [5.74, 6) is -0.449. The van der Waals surface area contributed by atoms with E-state index in [1.54, 1.807) is 30.3 Å². The van der Waals surface area contributed by atoms with E-state index in [-0.39, 0.29) is 23.2 Å². The van der Waals surface area contributed by atoms with Crippen molar-refractivity contribution in [2.24, 2.45) is 0 Å². The predicted octanol–water partition coefficient (Wildman–Crippen LogP) is 3.18. The molecule has 0 aliphatic carbocycles. The molecule has 23 heavy (non-hydrogen) atoms. The molecule has 2 aromatic carbocycles. The molecule has 2 aromatic rings. The number of halogens is 2. The van der Waals surface area contributed by atoms with E-state index in [9.17, 15) is 17.8 Å². The number of para-hydroxylation sites is 1. The maximum absolute atomic E-state index is 12.2. The van der Waals surface area contributed by atoms with Crippen LogP contribution in [0.15, 0.2) is 54.6 Å². The van der Waals surface area contributed by atoms with Gasteiger partial charge in [-0.05, 0) is 29.8 Å². The van der Waals surface area contributed by atoms with Crippen molar-refractivity contribution in [3.63, 3.8) is 0 Å². The van der Waals surface area contributed by atoms with Gasteiger partial charge in [0.1, 0.15) is 11.5 Å². The van der Waals surface area contributed by atoms with Crippen molar-refractivity contribution in [1.82, 2.24) is 0 Å². The molecule has 0 bridgehead atoms. The second-order valence-corrected chi connectivity index (χ2v) is 6.13. The van der Waals surface area contributed by atoms with Crippen LogP contribution in [-0.2, 0) is 21.3 Å². The highest BCUT2D eigenvalue weighted by Crippen LogP contribution is 2.17. The molecule has 4 nitrogen and oxygen atoms in total. The zero-order valence-electron chi connectivity index (χ0n) is 12.1. The highest BCUT2D eigenvalue weighted by Gasteiger charge is 2.10. The van der Waals surface area contributed by atoms with Crippen LogP contribution in [0.3, 0.4) is 0 Å². The molecule has 2 rings (SSSR count). The lowest BCUT2D eigenvalue weighted by molar-refractivity contribution is -0.113. The van der Waals surface area contributed by atoms with Gasteiger partial charge in [-0.3, -0.25) is 9.00 Å². The molecule has 0 aromatic heterocycles. The van der Waals surface area contributed by atoms with E-state index >= 15 is 0 Å². The topological polar surface area (TPSA) is 55.4 Å². The van der Waals surface area contributed by atoms with Gasteiger partial charge in [-0.1, -0.05) is 30.3 Å². The highest BCUT2D eigenvalue weighted by molar-refractivity contribution is 7.84. The summed E-state index contributed by atoms with van der Waals surface area (Å²) in [5, 5.41) is 2.64. The standard InChI is InChI=1S/C16H15F2NO3S/c17-16(18)22-14-8-4-5-12(9-14)10-23(21)11-15(20)19-13-6-2-1-3-7-13/h1-9,16H,10-11H2,(H,19,20). The molecule has 0 saturated heterocycles. The molecule has 1 amide bonds. The summed E-state index contributed by atoms with van der Waals surface area (Å²) in [6.07, 6.45) is 0. The predicted molar refractivity (Wildman–Crippen MR) is 84.9 cm³/mol. The molecule has 0 heterocycles. The fourth-order valence-corrected chi connectivity index (χ4v) is 2.93. The Morgan fingerprint density at radius 1 is 1.13 bits per heavy atom. The third-order valence-corrected chi connectivity index (χ3v) is 4.04. The number of amides is 1. The molecule has 1 N–H and O–H groups in total. The minimum atomic E-state index is -2.91. The lowest BCUT2D eigenvalue weighted by Gasteiger charge is -2.07. The number of anilines is 1. The summed E-state index contributed by atoms with van der Waals surface area (Å²) in [5.41, 5.74) is 1.19. The fourth-order valence-electron chi connectivity index (χ4n) is 1.91. The van der Waals surface area contributed by atoms with Gasteiger partial charge in [-0.2, -0.15) is 8.78 Å². The Labute approximate surface area is 134 Å². The number of benzene rings is 2. The van der Waals surface area contributed by atoms with Crippen LogP contribution >= 0.6 is 0 Å². The molecule has 0 spiro atoms. The number of hydrogen-bond donors (Lipinski definition) is 1. The molecule has 1 atom stereocenters. The molecule has 0 aliphatic rings. The van der Waals surface area contributed by atoms with Crippen LogP contribution in [0, 0.1) is 0 Å². The van der Waals surface area contributed by atoms with E-state index in [1.165, 1.54) is 18.2 Å². The SMILES string of the molecule is O=C(CS(=O)Cc1cccc(OC(F)F)c1)Nc1ccccc1. The monoisotopic (exact) mass is 339 g/mol. The van der Waals surface area contributed by atoms with E-state index in [1.807, 2.05) is 6.07 Å². The van der Waals surface area contributed by atoms with Crippen molar-refractivity contribution >= 4 is 22.4 Å². The Hall–Kier alpha value is -2.28. The first-order valence-corrected chi connectivity index (χ1v) is 8.25. The summed E-state index contributed by atoms with van der Waals surface area (Å²) in [6, 6.07) is 14.8. The summed E-state index contributed by atoms with van der Waals surface area (Å²) < 4.78 is 40.6. The highest BCUT2D eigenvalue weighted by atomic mass is 32.2. The molecular weight excluding hydrogens is 324 g/mol. The number of rotatable bonds is 7. The zero-order chi connectivity index (χ0) is 16.7. The van der Waals surface area contributed by atoms with Gasteiger partial charge < -0.3 is 10.1 Å². The zero-order valence-corrected chi connectivity index (χ0v) is 12.9. The van der Waals surface area contributed by atoms with E-state index < -0.39 is 17.4 Å². The fraction of sp³-hybridized carbons (Fsp3) is 0.188. The summed E-state index contributed by atoms with van der Waals surface area (Å²) in [4.78, 5) is 11.8. The van der Waals surface area contributed by atoms with E-state index in [0.717, 1.165) is 0 Å².